The van der Waals surface area contributed by atoms with Gasteiger partial charge < -0.3 is 5.11 Å². The Hall–Kier alpha value is -0.850. The highest BCUT2D eigenvalue weighted by Crippen LogP contribution is 2.33. The van der Waals surface area contributed by atoms with Gasteiger partial charge in [-0.15, -0.1) is 5.10 Å². The standard InChI is InChI=1S/C11H12BrN3OS/c1-6(16)8-3-4-10(9(12)5-8)17-11-13-7(2)14-15-11/h3-6,16H,1-2H3,(H,13,14,15)/t6-/m1/s1. The number of rotatable bonds is 3. The maximum atomic E-state index is 9.47. The minimum atomic E-state index is -0.462. The van der Waals surface area contributed by atoms with Crippen LogP contribution in [0.15, 0.2) is 32.7 Å². The van der Waals surface area contributed by atoms with E-state index in [0.29, 0.717) is 5.16 Å². The summed E-state index contributed by atoms with van der Waals surface area (Å²) >= 11 is 4.96. The first kappa shape index (κ1) is 12.6. The number of aromatic amines is 1. The summed E-state index contributed by atoms with van der Waals surface area (Å²) in [5, 5.41) is 17.0. The highest BCUT2D eigenvalue weighted by molar-refractivity contribution is 9.10. The lowest BCUT2D eigenvalue weighted by atomic mass is 10.1. The molecule has 0 amide bonds. The number of aliphatic hydroxyl groups excluding tert-OH is 1. The molecular weight excluding hydrogens is 302 g/mol. The molecule has 0 aliphatic heterocycles. The minimum Gasteiger partial charge on any atom is -0.389 e. The Bertz CT molecular complexity index is 527. The molecule has 0 unspecified atom stereocenters. The molecule has 90 valence electrons. The van der Waals surface area contributed by atoms with Gasteiger partial charge in [0.05, 0.1) is 6.10 Å². The van der Waals surface area contributed by atoms with Gasteiger partial charge in [0.1, 0.15) is 5.82 Å². The summed E-state index contributed by atoms with van der Waals surface area (Å²) in [5.74, 6) is 0.796. The van der Waals surface area contributed by atoms with Crippen LogP contribution >= 0.6 is 27.7 Å². The van der Waals surface area contributed by atoms with Crippen molar-refractivity contribution in [2.24, 2.45) is 0 Å². The van der Waals surface area contributed by atoms with E-state index in [1.807, 2.05) is 25.1 Å². The van der Waals surface area contributed by atoms with Gasteiger partial charge in [0.2, 0.25) is 5.16 Å². The molecule has 0 aliphatic carbocycles. The lowest BCUT2D eigenvalue weighted by Crippen LogP contribution is -1.91. The van der Waals surface area contributed by atoms with Gasteiger partial charge in [-0.3, -0.25) is 5.10 Å². The van der Waals surface area contributed by atoms with Crippen LogP contribution in [0.4, 0.5) is 0 Å². The van der Waals surface area contributed by atoms with Crippen LogP contribution in [0.2, 0.25) is 0 Å². The topological polar surface area (TPSA) is 61.8 Å². The van der Waals surface area contributed by atoms with Crippen molar-refractivity contribution >= 4 is 27.7 Å². The van der Waals surface area contributed by atoms with Crippen molar-refractivity contribution in [1.82, 2.24) is 15.2 Å². The Morgan fingerprint density at radius 1 is 1.47 bits per heavy atom. The Balaban J connectivity index is 2.22. The third kappa shape index (κ3) is 3.08. The zero-order valence-corrected chi connectivity index (χ0v) is 11.8. The van der Waals surface area contributed by atoms with Crippen LogP contribution in [0.25, 0.3) is 0 Å². The molecule has 1 heterocycles. The van der Waals surface area contributed by atoms with Crippen LogP contribution in [-0.4, -0.2) is 20.3 Å². The van der Waals surface area contributed by atoms with Crippen LogP contribution in [0.3, 0.4) is 0 Å². The van der Waals surface area contributed by atoms with E-state index in [0.717, 1.165) is 20.8 Å². The van der Waals surface area contributed by atoms with E-state index >= 15 is 0 Å². The number of nitrogens with one attached hydrogen (secondary N) is 1. The first-order chi connectivity index (χ1) is 8.06. The number of aromatic nitrogens is 3. The molecule has 0 radical (unpaired) electrons. The maximum absolute atomic E-state index is 9.47. The number of halogens is 1. The molecule has 17 heavy (non-hydrogen) atoms. The summed E-state index contributed by atoms with van der Waals surface area (Å²) < 4.78 is 0.934. The van der Waals surface area contributed by atoms with Crippen LogP contribution in [0.1, 0.15) is 24.4 Å². The van der Waals surface area contributed by atoms with E-state index in [-0.39, 0.29) is 0 Å². The molecule has 2 rings (SSSR count). The van der Waals surface area contributed by atoms with E-state index in [4.69, 9.17) is 0 Å². The molecule has 0 saturated carbocycles. The van der Waals surface area contributed by atoms with Crippen LogP contribution in [0.5, 0.6) is 0 Å². The van der Waals surface area contributed by atoms with Gasteiger partial charge in [-0.25, -0.2) is 4.98 Å². The molecule has 0 saturated heterocycles. The molecule has 1 aromatic carbocycles. The van der Waals surface area contributed by atoms with Gasteiger partial charge in [-0.05, 0) is 59.2 Å². The van der Waals surface area contributed by atoms with E-state index in [2.05, 4.69) is 31.1 Å². The summed E-state index contributed by atoms with van der Waals surface area (Å²) in [5.41, 5.74) is 0.882. The molecular formula is C11H12BrN3OS. The van der Waals surface area contributed by atoms with E-state index in [9.17, 15) is 5.11 Å². The van der Waals surface area contributed by atoms with Gasteiger partial charge in [0, 0.05) is 9.37 Å². The molecule has 1 atom stereocenters. The van der Waals surface area contributed by atoms with Crippen molar-refractivity contribution in [3.05, 3.63) is 34.1 Å². The average molecular weight is 314 g/mol. The van der Waals surface area contributed by atoms with Gasteiger partial charge >= 0.3 is 0 Å². The third-order valence-electron chi connectivity index (χ3n) is 2.22. The Morgan fingerprint density at radius 3 is 2.76 bits per heavy atom. The minimum absolute atomic E-state index is 0.462. The normalized spacial score (nSPS) is 12.7. The Morgan fingerprint density at radius 2 is 2.24 bits per heavy atom. The summed E-state index contributed by atoms with van der Waals surface area (Å²) in [4.78, 5) is 5.25. The van der Waals surface area contributed by atoms with Crippen molar-refractivity contribution < 1.29 is 5.11 Å². The van der Waals surface area contributed by atoms with Crippen molar-refractivity contribution in [3.8, 4) is 0 Å². The highest BCUT2D eigenvalue weighted by atomic mass is 79.9. The van der Waals surface area contributed by atoms with Gasteiger partial charge in [0.25, 0.3) is 0 Å². The smallest absolute Gasteiger partial charge is 0.213 e. The molecule has 4 nitrogen and oxygen atoms in total. The summed E-state index contributed by atoms with van der Waals surface area (Å²) in [6.07, 6.45) is -0.462. The third-order valence-corrected chi connectivity index (χ3v) is 4.08. The van der Waals surface area contributed by atoms with Crippen molar-refractivity contribution in [2.45, 2.75) is 30.0 Å². The zero-order chi connectivity index (χ0) is 12.4. The summed E-state index contributed by atoms with van der Waals surface area (Å²) in [6, 6.07) is 5.76. The second-order valence-corrected chi connectivity index (χ2v) is 5.53. The number of H-pyrrole nitrogens is 1. The molecule has 2 N–H and O–H groups in total. The first-order valence-corrected chi connectivity index (χ1v) is 6.71. The van der Waals surface area contributed by atoms with E-state index < -0.39 is 6.10 Å². The van der Waals surface area contributed by atoms with Crippen molar-refractivity contribution in [2.75, 3.05) is 0 Å². The van der Waals surface area contributed by atoms with Crippen molar-refractivity contribution in [1.29, 1.82) is 0 Å². The molecule has 6 heteroatoms. The van der Waals surface area contributed by atoms with E-state index in [1.54, 1.807) is 6.92 Å². The maximum Gasteiger partial charge on any atom is 0.213 e. The number of aliphatic hydroxyl groups is 1. The van der Waals surface area contributed by atoms with Crippen molar-refractivity contribution in [3.63, 3.8) is 0 Å². The fourth-order valence-corrected chi connectivity index (χ4v) is 2.73. The fraction of sp³-hybridized carbons (Fsp3) is 0.273. The molecule has 0 fully saturated rings. The molecule has 1 aromatic heterocycles. The number of hydrogen-bond acceptors (Lipinski definition) is 4. The zero-order valence-electron chi connectivity index (χ0n) is 9.44. The SMILES string of the molecule is Cc1nc(Sc2ccc([C@@H](C)O)cc2Br)n[nH]1. The summed E-state index contributed by atoms with van der Waals surface area (Å²) in [6.45, 7) is 3.61. The van der Waals surface area contributed by atoms with Gasteiger partial charge in [0.15, 0.2) is 0 Å². The molecule has 0 spiro atoms. The quantitative estimate of drug-likeness (QED) is 0.914. The first-order valence-electron chi connectivity index (χ1n) is 5.10. The number of nitrogens with zero attached hydrogens (tertiary/aromatic N) is 2. The average Bonchev–Trinajstić information content (AvgIpc) is 2.67. The van der Waals surface area contributed by atoms with Crippen LogP contribution in [-0.2, 0) is 0 Å². The molecule has 0 bridgehead atoms. The fourth-order valence-electron chi connectivity index (χ4n) is 1.33. The number of hydrogen-bond donors (Lipinski definition) is 2. The lowest BCUT2D eigenvalue weighted by Gasteiger charge is -2.07. The van der Waals surface area contributed by atoms with Crippen LogP contribution in [0, 0.1) is 6.92 Å². The number of benzene rings is 1. The predicted molar refractivity (Wildman–Crippen MR) is 70.0 cm³/mol. The second kappa shape index (κ2) is 5.20. The second-order valence-electron chi connectivity index (χ2n) is 3.67. The number of aryl methyl sites for hydroxylation is 1. The Labute approximate surface area is 112 Å². The Kier molecular flexibility index (Phi) is 3.86. The largest absolute Gasteiger partial charge is 0.389 e. The lowest BCUT2D eigenvalue weighted by molar-refractivity contribution is 0.199. The van der Waals surface area contributed by atoms with Gasteiger partial charge in [-0.2, -0.15) is 0 Å². The monoisotopic (exact) mass is 313 g/mol. The highest BCUT2D eigenvalue weighted by Gasteiger charge is 2.09. The van der Waals surface area contributed by atoms with Gasteiger partial charge in [-0.1, -0.05) is 6.07 Å². The van der Waals surface area contributed by atoms with Crippen LogP contribution < -0.4 is 0 Å². The molecule has 0 aliphatic rings. The summed E-state index contributed by atoms with van der Waals surface area (Å²) in [7, 11) is 0. The van der Waals surface area contributed by atoms with E-state index in [1.165, 1.54) is 11.8 Å². The predicted octanol–water partition coefficient (Wildman–Crippen LogP) is 3.08. The molecule has 2 aromatic rings.